The van der Waals surface area contributed by atoms with Crippen LogP contribution >= 0.6 is 0 Å². The van der Waals surface area contributed by atoms with E-state index in [9.17, 15) is 4.79 Å². The lowest BCUT2D eigenvalue weighted by Gasteiger charge is -2.15. The number of aryl methyl sites for hydroxylation is 1. The summed E-state index contributed by atoms with van der Waals surface area (Å²) in [6.45, 7) is 5.66. The van der Waals surface area contributed by atoms with Crippen LogP contribution in [0.1, 0.15) is 35.6 Å². The van der Waals surface area contributed by atoms with E-state index in [1.807, 2.05) is 32.0 Å². The van der Waals surface area contributed by atoms with Crippen molar-refractivity contribution in [3.63, 3.8) is 0 Å². The summed E-state index contributed by atoms with van der Waals surface area (Å²) in [7, 11) is 0. The summed E-state index contributed by atoms with van der Waals surface area (Å²) in [5, 5.41) is 6.54. The second kappa shape index (κ2) is 6.27. The zero-order chi connectivity index (χ0) is 15.5. The van der Waals surface area contributed by atoms with Crippen molar-refractivity contribution in [3.05, 3.63) is 51.2 Å². The van der Waals surface area contributed by atoms with Crippen LogP contribution in [-0.4, -0.2) is 28.0 Å². The van der Waals surface area contributed by atoms with Crippen LogP contribution in [0.25, 0.3) is 0 Å². The highest BCUT2D eigenvalue weighted by molar-refractivity contribution is 5.33. The van der Waals surface area contributed by atoms with Crippen LogP contribution < -0.4 is 16.2 Å². The minimum atomic E-state index is -0.0411. The first-order valence-corrected chi connectivity index (χ1v) is 7.66. The third kappa shape index (κ3) is 3.17. The Morgan fingerprint density at radius 3 is 2.86 bits per heavy atom. The third-order valence-electron chi connectivity index (χ3n) is 3.90. The summed E-state index contributed by atoms with van der Waals surface area (Å²) < 4.78 is 0. The van der Waals surface area contributed by atoms with Crippen molar-refractivity contribution in [1.29, 1.82) is 0 Å². The predicted molar refractivity (Wildman–Crippen MR) is 86.1 cm³/mol. The highest BCUT2D eigenvalue weighted by Crippen LogP contribution is 2.16. The molecule has 0 radical (unpaired) electrons. The molecule has 1 aliphatic rings. The molecule has 2 aromatic heterocycles. The van der Waals surface area contributed by atoms with Gasteiger partial charge < -0.3 is 10.6 Å². The molecule has 1 atom stereocenters. The Kier molecular flexibility index (Phi) is 4.20. The van der Waals surface area contributed by atoms with Gasteiger partial charge in [-0.25, -0.2) is 4.98 Å². The van der Waals surface area contributed by atoms with Crippen molar-refractivity contribution in [1.82, 2.24) is 20.3 Å². The van der Waals surface area contributed by atoms with Crippen molar-refractivity contribution >= 4 is 5.95 Å². The normalized spacial score (nSPS) is 15.7. The van der Waals surface area contributed by atoms with E-state index >= 15 is 0 Å². The van der Waals surface area contributed by atoms with Crippen molar-refractivity contribution in [2.24, 2.45) is 0 Å². The molecular formula is C16H21N5O. The van der Waals surface area contributed by atoms with Gasteiger partial charge in [-0.05, 0) is 38.9 Å². The van der Waals surface area contributed by atoms with E-state index in [0.29, 0.717) is 5.95 Å². The lowest BCUT2D eigenvalue weighted by Crippen LogP contribution is -2.22. The first-order valence-electron chi connectivity index (χ1n) is 7.66. The van der Waals surface area contributed by atoms with Gasteiger partial charge in [-0.15, -0.1) is 0 Å². The highest BCUT2D eigenvalue weighted by atomic mass is 16.1. The van der Waals surface area contributed by atoms with E-state index in [4.69, 9.17) is 0 Å². The molecule has 0 saturated carbocycles. The Hall–Kier alpha value is -2.21. The molecule has 1 unspecified atom stereocenters. The topological polar surface area (TPSA) is 82.7 Å². The van der Waals surface area contributed by atoms with Crippen LogP contribution in [0.3, 0.4) is 0 Å². The number of aromatic amines is 1. The Morgan fingerprint density at radius 2 is 2.05 bits per heavy atom. The van der Waals surface area contributed by atoms with Gasteiger partial charge in [-0.1, -0.05) is 6.07 Å². The monoisotopic (exact) mass is 299 g/mol. The molecule has 6 heteroatoms. The molecular weight excluding hydrogens is 278 g/mol. The summed E-state index contributed by atoms with van der Waals surface area (Å²) in [4.78, 5) is 24.2. The van der Waals surface area contributed by atoms with Crippen LogP contribution in [0.15, 0.2) is 23.0 Å². The van der Waals surface area contributed by atoms with E-state index in [1.54, 1.807) is 0 Å². The number of nitrogens with one attached hydrogen (secondary N) is 3. The summed E-state index contributed by atoms with van der Waals surface area (Å²) in [6.07, 6.45) is 1.51. The van der Waals surface area contributed by atoms with E-state index in [2.05, 4.69) is 25.6 Å². The number of aromatic nitrogens is 3. The van der Waals surface area contributed by atoms with Crippen LogP contribution in [0.2, 0.25) is 0 Å². The van der Waals surface area contributed by atoms with Gasteiger partial charge in [0, 0.05) is 24.2 Å². The maximum atomic E-state index is 12.2. The van der Waals surface area contributed by atoms with E-state index < -0.39 is 0 Å². The zero-order valence-corrected chi connectivity index (χ0v) is 12.9. The lowest BCUT2D eigenvalue weighted by molar-refractivity contribution is 0.708. The number of hydrogen-bond donors (Lipinski definition) is 3. The van der Waals surface area contributed by atoms with Crippen LogP contribution in [-0.2, 0) is 12.8 Å². The molecule has 3 heterocycles. The molecule has 0 amide bonds. The standard InChI is InChI=1S/C16H21N5O/c1-10-4-3-5-13(18-10)11(2)19-16-20-14-7-9-17-8-6-12(14)15(22)21-16/h3-5,11,17H,6-9H2,1-2H3,(H2,19,20,21,22). The quantitative estimate of drug-likeness (QED) is 0.796. The van der Waals surface area contributed by atoms with E-state index in [1.165, 1.54) is 0 Å². The number of anilines is 1. The fourth-order valence-corrected chi connectivity index (χ4v) is 2.71. The Morgan fingerprint density at radius 1 is 1.23 bits per heavy atom. The van der Waals surface area contributed by atoms with E-state index in [0.717, 1.165) is 48.6 Å². The van der Waals surface area contributed by atoms with Gasteiger partial charge >= 0.3 is 0 Å². The van der Waals surface area contributed by atoms with Gasteiger partial charge in [0.1, 0.15) is 0 Å². The molecule has 3 N–H and O–H groups in total. The Labute approximate surface area is 129 Å². The smallest absolute Gasteiger partial charge is 0.255 e. The fourth-order valence-electron chi connectivity index (χ4n) is 2.71. The Bertz CT molecular complexity index is 725. The fraction of sp³-hybridized carbons (Fsp3) is 0.438. The van der Waals surface area contributed by atoms with Gasteiger partial charge in [0.05, 0.1) is 17.4 Å². The van der Waals surface area contributed by atoms with Gasteiger partial charge in [0.15, 0.2) is 0 Å². The van der Waals surface area contributed by atoms with Gasteiger partial charge in [0.2, 0.25) is 5.95 Å². The summed E-state index contributed by atoms with van der Waals surface area (Å²) in [5.74, 6) is 0.515. The molecule has 116 valence electrons. The maximum Gasteiger partial charge on any atom is 0.255 e. The van der Waals surface area contributed by atoms with Gasteiger partial charge in [-0.3, -0.25) is 14.8 Å². The molecule has 6 nitrogen and oxygen atoms in total. The predicted octanol–water partition coefficient (Wildman–Crippen LogP) is 1.33. The van der Waals surface area contributed by atoms with Crippen LogP contribution in [0.5, 0.6) is 0 Å². The number of fused-ring (bicyclic) bond motifs is 1. The minimum absolute atomic E-state index is 0.0231. The molecule has 0 spiro atoms. The third-order valence-corrected chi connectivity index (χ3v) is 3.90. The average Bonchev–Trinajstić information content (AvgIpc) is 2.73. The van der Waals surface area contributed by atoms with Crippen LogP contribution in [0, 0.1) is 6.92 Å². The molecule has 0 aromatic carbocycles. The largest absolute Gasteiger partial charge is 0.348 e. The molecule has 1 aliphatic heterocycles. The second-order valence-electron chi connectivity index (χ2n) is 5.66. The van der Waals surface area contributed by atoms with Gasteiger partial charge in [-0.2, -0.15) is 0 Å². The molecule has 0 fully saturated rings. The molecule has 0 aliphatic carbocycles. The average molecular weight is 299 g/mol. The van der Waals surface area contributed by atoms with Gasteiger partial charge in [0.25, 0.3) is 5.56 Å². The number of H-pyrrole nitrogens is 1. The van der Waals surface area contributed by atoms with Crippen molar-refractivity contribution in [2.45, 2.75) is 32.7 Å². The maximum absolute atomic E-state index is 12.2. The first kappa shape index (κ1) is 14.7. The minimum Gasteiger partial charge on any atom is -0.348 e. The Balaban J connectivity index is 1.85. The zero-order valence-electron chi connectivity index (χ0n) is 12.9. The number of pyridine rings is 1. The highest BCUT2D eigenvalue weighted by Gasteiger charge is 2.15. The van der Waals surface area contributed by atoms with Crippen molar-refractivity contribution < 1.29 is 0 Å². The van der Waals surface area contributed by atoms with Crippen molar-refractivity contribution in [3.8, 4) is 0 Å². The van der Waals surface area contributed by atoms with Crippen molar-refractivity contribution in [2.75, 3.05) is 18.4 Å². The molecule has 2 aromatic rings. The lowest BCUT2D eigenvalue weighted by atomic mass is 10.1. The summed E-state index contributed by atoms with van der Waals surface area (Å²) in [6, 6.07) is 5.89. The number of nitrogens with zero attached hydrogens (tertiary/aromatic N) is 2. The summed E-state index contributed by atoms with van der Waals surface area (Å²) in [5.41, 5.74) is 3.55. The van der Waals surface area contributed by atoms with Crippen LogP contribution in [0.4, 0.5) is 5.95 Å². The van der Waals surface area contributed by atoms with E-state index in [-0.39, 0.29) is 11.6 Å². The molecule has 0 saturated heterocycles. The second-order valence-corrected chi connectivity index (χ2v) is 5.66. The first-order chi connectivity index (χ1) is 10.6. The number of rotatable bonds is 3. The molecule has 22 heavy (non-hydrogen) atoms. The SMILES string of the molecule is Cc1cccc(C(C)Nc2nc3c(c(=O)[nH]2)CCNCC3)n1. The molecule has 0 bridgehead atoms. The number of hydrogen-bond acceptors (Lipinski definition) is 5. The summed E-state index contributed by atoms with van der Waals surface area (Å²) >= 11 is 0. The molecule has 3 rings (SSSR count).